The molecular weight excluding hydrogens is 244 g/mol. The monoisotopic (exact) mass is 264 g/mol. The Balaban J connectivity index is 2.55. The summed E-state index contributed by atoms with van der Waals surface area (Å²) < 4.78 is 0. The zero-order valence-electron chi connectivity index (χ0n) is 11.1. The minimum absolute atomic E-state index is 0.112. The molecule has 0 aliphatic carbocycles. The van der Waals surface area contributed by atoms with Gasteiger partial charge in [0.05, 0.1) is 10.5 Å². The normalized spacial score (nSPS) is 12.7. The molecule has 1 aromatic carbocycles. The Hall–Kier alpha value is -1.72. The summed E-state index contributed by atoms with van der Waals surface area (Å²) in [5, 5.41) is 23.0. The van der Waals surface area contributed by atoms with Crippen LogP contribution in [0.25, 0.3) is 6.08 Å². The second-order valence-electron chi connectivity index (χ2n) is 4.24. The molecule has 1 unspecified atom stereocenters. The lowest BCUT2D eigenvalue weighted by atomic mass is 10.1. The van der Waals surface area contributed by atoms with Crippen molar-refractivity contribution < 1.29 is 10.0 Å². The Kier molecular flexibility index (Phi) is 6.78. The van der Waals surface area contributed by atoms with Crippen molar-refractivity contribution in [3.8, 4) is 0 Å². The van der Waals surface area contributed by atoms with Gasteiger partial charge in [-0.2, -0.15) is 0 Å². The summed E-state index contributed by atoms with van der Waals surface area (Å²) in [6, 6.07) is 6.93. The zero-order chi connectivity index (χ0) is 14.1. The molecule has 1 rings (SSSR count). The van der Waals surface area contributed by atoms with E-state index in [0.717, 1.165) is 12.8 Å². The third kappa shape index (κ3) is 5.19. The number of para-hydroxylation sites is 1. The third-order valence-electron chi connectivity index (χ3n) is 2.93. The molecule has 0 spiro atoms. The third-order valence-corrected chi connectivity index (χ3v) is 2.93. The Morgan fingerprint density at radius 3 is 2.84 bits per heavy atom. The van der Waals surface area contributed by atoms with Crippen molar-refractivity contribution >= 4 is 11.8 Å². The molecular formula is C14H20N2O3. The molecule has 0 radical (unpaired) electrons. The fourth-order valence-electron chi connectivity index (χ4n) is 1.82. The molecule has 0 aromatic heterocycles. The maximum absolute atomic E-state index is 10.8. The maximum Gasteiger partial charge on any atom is 0.276 e. The van der Waals surface area contributed by atoms with Crippen LogP contribution in [0.3, 0.4) is 0 Å². The van der Waals surface area contributed by atoms with Crippen LogP contribution in [0.5, 0.6) is 0 Å². The van der Waals surface area contributed by atoms with Crippen LogP contribution in [-0.4, -0.2) is 29.2 Å². The zero-order valence-corrected chi connectivity index (χ0v) is 11.1. The van der Waals surface area contributed by atoms with Crippen LogP contribution in [0.15, 0.2) is 30.3 Å². The highest BCUT2D eigenvalue weighted by molar-refractivity contribution is 5.60. The molecule has 5 nitrogen and oxygen atoms in total. The van der Waals surface area contributed by atoms with Crippen molar-refractivity contribution in [2.75, 3.05) is 13.2 Å². The van der Waals surface area contributed by atoms with Crippen LogP contribution in [0.1, 0.15) is 25.3 Å². The van der Waals surface area contributed by atoms with Gasteiger partial charge in [0, 0.05) is 25.3 Å². The Bertz CT molecular complexity index is 432. The van der Waals surface area contributed by atoms with Crippen molar-refractivity contribution in [1.82, 2.24) is 5.32 Å². The van der Waals surface area contributed by atoms with E-state index in [2.05, 4.69) is 12.2 Å². The Morgan fingerprint density at radius 1 is 1.47 bits per heavy atom. The highest BCUT2D eigenvalue weighted by Gasteiger charge is 2.09. The summed E-state index contributed by atoms with van der Waals surface area (Å²) in [6.07, 6.45) is 5.27. The number of benzene rings is 1. The van der Waals surface area contributed by atoms with Gasteiger partial charge in [0.1, 0.15) is 0 Å². The largest absolute Gasteiger partial charge is 0.396 e. The molecule has 0 aliphatic rings. The number of rotatable bonds is 8. The molecule has 1 atom stereocenters. The number of hydrogen-bond acceptors (Lipinski definition) is 4. The minimum Gasteiger partial charge on any atom is -0.396 e. The first kappa shape index (κ1) is 15.3. The Labute approximate surface area is 113 Å². The summed E-state index contributed by atoms with van der Waals surface area (Å²) in [7, 11) is 0. The van der Waals surface area contributed by atoms with E-state index < -0.39 is 0 Å². The number of nitro benzene ring substituents is 1. The number of nitrogens with one attached hydrogen (secondary N) is 1. The van der Waals surface area contributed by atoms with Gasteiger partial charge in [0.15, 0.2) is 0 Å². The fraction of sp³-hybridized carbons (Fsp3) is 0.429. The summed E-state index contributed by atoms with van der Waals surface area (Å²) in [4.78, 5) is 10.4. The van der Waals surface area contributed by atoms with E-state index >= 15 is 0 Å². The number of nitrogens with zero attached hydrogens (tertiary/aromatic N) is 1. The molecule has 2 N–H and O–H groups in total. The van der Waals surface area contributed by atoms with Crippen molar-refractivity contribution in [2.45, 2.75) is 25.8 Å². The molecule has 0 aliphatic heterocycles. The first-order valence-corrected chi connectivity index (χ1v) is 6.43. The molecule has 0 saturated carbocycles. The van der Waals surface area contributed by atoms with Gasteiger partial charge in [-0.3, -0.25) is 10.1 Å². The minimum atomic E-state index is -0.381. The van der Waals surface area contributed by atoms with E-state index in [4.69, 9.17) is 5.11 Å². The molecule has 19 heavy (non-hydrogen) atoms. The molecule has 1 aromatic rings. The molecule has 104 valence electrons. The first-order chi connectivity index (χ1) is 9.19. The topological polar surface area (TPSA) is 75.4 Å². The average molecular weight is 264 g/mol. The second-order valence-corrected chi connectivity index (χ2v) is 4.24. The highest BCUT2D eigenvalue weighted by atomic mass is 16.6. The van der Waals surface area contributed by atoms with Crippen LogP contribution in [0.2, 0.25) is 0 Å². The molecule has 5 heteroatoms. The second kappa shape index (κ2) is 8.39. The summed E-state index contributed by atoms with van der Waals surface area (Å²) in [5.74, 6) is 0. The van der Waals surface area contributed by atoms with Crippen molar-refractivity contribution in [3.05, 3.63) is 46.0 Å². The van der Waals surface area contributed by atoms with E-state index in [1.54, 1.807) is 24.3 Å². The van der Waals surface area contributed by atoms with Crippen LogP contribution in [0.4, 0.5) is 5.69 Å². The van der Waals surface area contributed by atoms with Gasteiger partial charge in [-0.05, 0) is 18.9 Å². The molecule has 0 bridgehead atoms. The van der Waals surface area contributed by atoms with Crippen molar-refractivity contribution in [2.24, 2.45) is 0 Å². The lowest BCUT2D eigenvalue weighted by Crippen LogP contribution is -2.29. The van der Waals surface area contributed by atoms with Crippen molar-refractivity contribution in [3.63, 3.8) is 0 Å². The van der Waals surface area contributed by atoms with Crippen LogP contribution in [-0.2, 0) is 0 Å². The van der Waals surface area contributed by atoms with Gasteiger partial charge in [0.25, 0.3) is 5.69 Å². The maximum atomic E-state index is 10.8. The molecule has 0 heterocycles. The van der Waals surface area contributed by atoms with Crippen LogP contribution in [0, 0.1) is 10.1 Å². The average Bonchev–Trinajstić information content (AvgIpc) is 2.42. The van der Waals surface area contributed by atoms with Gasteiger partial charge in [-0.25, -0.2) is 0 Å². The van der Waals surface area contributed by atoms with E-state index in [0.29, 0.717) is 12.1 Å². The first-order valence-electron chi connectivity index (χ1n) is 6.43. The molecule has 0 saturated heterocycles. The van der Waals surface area contributed by atoms with Gasteiger partial charge < -0.3 is 10.4 Å². The predicted molar refractivity (Wildman–Crippen MR) is 75.9 cm³/mol. The smallest absolute Gasteiger partial charge is 0.276 e. The van der Waals surface area contributed by atoms with Crippen molar-refractivity contribution in [1.29, 1.82) is 0 Å². The lowest BCUT2D eigenvalue weighted by Gasteiger charge is -2.13. The van der Waals surface area contributed by atoms with E-state index in [-0.39, 0.29) is 23.3 Å². The van der Waals surface area contributed by atoms with Crippen LogP contribution < -0.4 is 5.32 Å². The highest BCUT2D eigenvalue weighted by Crippen LogP contribution is 2.18. The molecule has 0 fully saturated rings. The van der Waals surface area contributed by atoms with E-state index in [1.807, 2.05) is 6.08 Å². The van der Waals surface area contributed by atoms with Gasteiger partial charge in [-0.1, -0.05) is 31.2 Å². The molecule has 0 amide bonds. The predicted octanol–water partition coefficient (Wildman–Crippen LogP) is 2.36. The summed E-state index contributed by atoms with van der Waals surface area (Å²) in [6.45, 7) is 2.85. The Morgan fingerprint density at radius 2 is 2.21 bits per heavy atom. The number of hydrogen-bond donors (Lipinski definition) is 2. The van der Waals surface area contributed by atoms with Crippen LogP contribution >= 0.6 is 0 Å². The van der Waals surface area contributed by atoms with E-state index in [9.17, 15) is 10.1 Å². The van der Waals surface area contributed by atoms with E-state index in [1.165, 1.54) is 6.07 Å². The lowest BCUT2D eigenvalue weighted by molar-refractivity contribution is -0.385. The summed E-state index contributed by atoms with van der Waals surface area (Å²) >= 11 is 0. The number of aliphatic hydroxyl groups is 1. The standard InChI is InChI=1S/C14H20N2O3/c1-2-13(9-11-17)15-10-5-7-12-6-3-4-8-14(12)16(18)19/h3-8,13,15,17H,2,9-11H2,1H3/b7-5+. The number of aliphatic hydroxyl groups excluding tert-OH is 1. The number of nitro groups is 1. The van der Waals surface area contributed by atoms with Gasteiger partial charge in [0.2, 0.25) is 0 Å². The SMILES string of the molecule is CCC(CCO)NC/C=C/c1ccccc1[N+](=O)[O-]. The quantitative estimate of drug-likeness (QED) is 0.558. The summed E-state index contributed by atoms with van der Waals surface area (Å²) in [5.41, 5.74) is 0.714. The van der Waals surface area contributed by atoms with Gasteiger partial charge in [-0.15, -0.1) is 0 Å². The fourth-order valence-corrected chi connectivity index (χ4v) is 1.82. The van der Waals surface area contributed by atoms with Gasteiger partial charge >= 0.3 is 0 Å².